The Kier molecular flexibility index (Phi) is 8.90. The standard InChI is InChI=1S/C27H38FN3O6S/c1-16(2)21-8-19(28)9-22(17(3)4)23(21)10-20(32)15-38(34,35)24-11-25-31(30-24)13-18(14-36-25)12-29-26(33)37-27(5,6)7/h8-9,11,16-18H,10,12-15H2,1-7H3,(H,29,33). The monoisotopic (exact) mass is 551 g/mol. The zero-order valence-corrected chi connectivity index (χ0v) is 23.9. The number of Topliss-reactive ketones (excluding diaryl/α,β-unsaturated/α-hetero) is 1. The molecule has 1 N–H and O–H groups in total. The van der Waals surface area contributed by atoms with Gasteiger partial charge in [-0.1, -0.05) is 27.7 Å². The molecular formula is C27H38FN3O6S. The number of carbonyl (C=O) groups excluding carboxylic acids is 2. The average Bonchev–Trinajstić information content (AvgIpc) is 3.21. The lowest BCUT2D eigenvalue weighted by Crippen LogP contribution is -2.39. The van der Waals surface area contributed by atoms with E-state index in [0.29, 0.717) is 23.2 Å². The van der Waals surface area contributed by atoms with Crippen LogP contribution in [0.25, 0.3) is 0 Å². The van der Waals surface area contributed by atoms with E-state index >= 15 is 0 Å². The quantitative estimate of drug-likeness (QED) is 0.491. The van der Waals surface area contributed by atoms with Gasteiger partial charge in [-0.05, 0) is 61.4 Å². The van der Waals surface area contributed by atoms with Crippen molar-refractivity contribution in [1.82, 2.24) is 15.1 Å². The number of hydrogen-bond donors (Lipinski definition) is 1. The fraction of sp³-hybridized carbons (Fsp3) is 0.593. The molecule has 1 atom stereocenters. The van der Waals surface area contributed by atoms with Crippen LogP contribution in [0.4, 0.5) is 9.18 Å². The van der Waals surface area contributed by atoms with Crippen LogP contribution in [0.1, 0.15) is 77.0 Å². The van der Waals surface area contributed by atoms with E-state index in [4.69, 9.17) is 9.47 Å². The second-order valence-electron chi connectivity index (χ2n) is 11.4. The number of ether oxygens (including phenoxy) is 2. The largest absolute Gasteiger partial charge is 0.477 e. The highest BCUT2D eigenvalue weighted by molar-refractivity contribution is 7.92. The SMILES string of the molecule is CC(C)c1cc(F)cc(C(C)C)c1CC(=O)CS(=O)(=O)c1cc2n(n1)CC(CNC(=O)OC(C)(C)C)CO2. The van der Waals surface area contributed by atoms with E-state index in [1.165, 1.54) is 22.9 Å². The number of fused-ring (bicyclic) bond motifs is 1. The molecule has 0 radical (unpaired) electrons. The first-order valence-electron chi connectivity index (χ1n) is 12.8. The number of nitrogens with zero attached hydrogens (tertiary/aromatic N) is 2. The van der Waals surface area contributed by atoms with Crippen molar-refractivity contribution in [3.8, 4) is 5.88 Å². The molecule has 3 rings (SSSR count). The number of ketones is 1. The maximum Gasteiger partial charge on any atom is 0.407 e. The van der Waals surface area contributed by atoms with E-state index in [1.807, 2.05) is 27.7 Å². The molecule has 38 heavy (non-hydrogen) atoms. The summed E-state index contributed by atoms with van der Waals surface area (Å²) in [6.07, 6.45) is -0.656. The van der Waals surface area contributed by atoms with E-state index in [1.54, 1.807) is 20.8 Å². The molecule has 0 spiro atoms. The number of nitrogens with one attached hydrogen (secondary N) is 1. The summed E-state index contributed by atoms with van der Waals surface area (Å²) >= 11 is 0. The van der Waals surface area contributed by atoms with Gasteiger partial charge in [-0.25, -0.2) is 22.3 Å². The van der Waals surface area contributed by atoms with Crippen molar-refractivity contribution in [2.75, 3.05) is 18.9 Å². The van der Waals surface area contributed by atoms with Crippen LogP contribution < -0.4 is 10.1 Å². The number of rotatable bonds is 9. The van der Waals surface area contributed by atoms with Gasteiger partial charge in [0.15, 0.2) is 10.8 Å². The highest BCUT2D eigenvalue weighted by atomic mass is 32.2. The molecule has 1 unspecified atom stereocenters. The zero-order valence-electron chi connectivity index (χ0n) is 23.1. The molecule has 1 aliphatic heterocycles. The van der Waals surface area contributed by atoms with Gasteiger partial charge in [-0.2, -0.15) is 5.10 Å². The normalized spacial score (nSPS) is 15.8. The average molecular weight is 552 g/mol. The molecule has 0 saturated carbocycles. The van der Waals surface area contributed by atoms with Gasteiger partial charge >= 0.3 is 6.09 Å². The first-order chi connectivity index (χ1) is 17.6. The summed E-state index contributed by atoms with van der Waals surface area (Å²) in [7, 11) is -4.04. The van der Waals surface area contributed by atoms with E-state index in [-0.39, 0.29) is 54.0 Å². The van der Waals surface area contributed by atoms with Crippen LogP contribution in [-0.2, 0) is 32.3 Å². The molecule has 2 heterocycles. The van der Waals surface area contributed by atoms with Crippen LogP contribution in [0.3, 0.4) is 0 Å². The molecule has 0 fully saturated rings. The lowest BCUT2D eigenvalue weighted by molar-refractivity contribution is -0.116. The number of alkyl carbamates (subject to hydrolysis) is 1. The van der Waals surface area contributed by atoms with E-state index in [2.05, 4.69) is 10.4 Å². The maximum absolute atomic E-state index is 14.2. The molecule has 210 valence electrons. The Labute approximate surface area is 224 Å². The van der Waals surface area contributed by atoms with E-state index in [0.717, 1.165) is 0 Å². The van der Waals surface area contributed by atoms with Crippen molar-refractivity contribution >= 4 is 21.7 Å². The van der Waals surface area contributed by atoms with Gasteiger partial charge in [0.2, 0.25) is 15.7 Å². The van der Waals surface area contributed by atoms with Crippen LogP contribution in [0, 0.1) is 11.7 Å². The van der Waals surface area contributed by atoms with Crippen molar-refractivity contribution in [3.63, 3.8) is 0 Å². The van der Waals surface area contributed by atoms with Crippen molar-refractivity contribution < 1.29 is 31.9 Å². The first-order valence-corrected chi connectivity index (χ1v) is 14.4. The number of sulfone groups is 1. The Morgan fingerprint density at radius 3 is 2.32 bits per heavy atom. The summed E-state index contributed by atoms with van der Waals surface area (Å²) in [4.78, 5) is 24.9. The third-order valence-electron chi connectivity index (χ3n) is 6.12. The minimum Gasteiger partial charge on any atom is -0.477 e. The van der Waals surface area contributed by atoms with Gasteiger partial charge in [0.05, 0.1) is 13.2 Å². The van der Waals surface area contributed by atoms with E-state index in [9.17, 15) is 22.4 Å². The van der Waals surface area contributed by atoms with Gasteiger partial charge in [0.25, 0.3) is 0 Å². The lowest BCUT2D eigenvalue weighted by atomic mass is 9.86. The van der Waals surface area contributed by atoms with Crippen molar-refractivity contribution in [2.24, 2.45) is 5.92 Å². The van der Waals surface area contributed by atoms with Crippen LogP contribution in [-0.4, -0.2) is 54.6 Å². The van der Waals surface area contributed by atoms with E-state index < -0.39 is 33.1 Å². The summed E-state index contributed by atoms with van der Waals surface area (Å²) in [6, 6.07) is 4.15. The molecule has 1 aromatic carbocycles. The molecule has 9 nitrogen and oxygen atoms in total. The molecule has 2 aromatic rings. The second-order valence-corrected chi connectivity index (χ2v) is 13.3. The number of amides is 1. The minimum absolute atomic E-state index is 0.0302. The van der Waals surface area contributed by atoms with Crippen LogP contribution in [0.15, 0.2) is 23.2 Å². The minimum atomic E-state index is -4.04. The molecule has 11 heteroatoms. The predicted molar refractivity (Wildman–Crippen MR) is 141 cm³/mol. The molecule has 1 aliphatic rings. The molecule has 0 aliphatic carbocycles. The van der Waals surface area contributed by atoms with Crippen LogP contribution in [0.5, 0.6) is 5.88 Å². The fourth-order valence-electron chi connectivity index (χ4n) is 4.39. The summed E-state index contributed by atoms with van der Waals surface area (Å²) in [5.41, 5.74) is 1.48. The molecule has 0 saturated heterocycles. The third kappa shape index (κ3) is 7.55. The van der Waals surface area contributed by atoms with Crippen molar-refractivity contribution in [3.05, 3.63) is 40.7 Å². The Morgan fingerprint density at radius 1 is 1.16 bits per heavy atom. The highest BCUT2D eigenvalue weighted by Crippen LogP contribution is 2.30. The highest BCUT2D eigenvalue weighted by Gasteiger charge is 2.29. The second kappa shape index (κ2) is 11.4. The summed E-state index contributed by atoms with van der Waals surface area (Å²) < 4.78 is 52.7. The number of halogens is 1. The third-order valence-corrected chi connectivity index (χ3v) is 7.66. The number of carbonyl (C=O) groups is 2. The molecule has 1 amide bonds. The van der Waals surface area contributed by atoms with Crippen molar-refractivity contribution in [1.29, 1.82) is 0 Å². The summed E-state index contributed by atoms with van der Waals surface area (Å²) in [5, 5.41) is 6.62. The van der Waals surface area contributed by atoms with Crippen molar-refractivity contribution in [2.45, 2.75) is 83.9 Å². The van der Waals surface area contributed by atoms with Gasteiger partial charge < -0.3 is 14.8 Å². The van der Waals surface area contributed by atoms with Crippen LogP contribution in [0.2, 0.25) is 0 Å². The first kappa shape index (κ1) is 29.6. The Balaban J connectivity index is 1.70. The van der Waals surface area contributed by atoms with Gasteiger partial charge in [0.1, 0.15) is 17.2 Å². The Bertz CT molecular complexity index is 1270. The Morgan fingerprint density at radius 2 is 1.76 bits per heavy atom. The number of benzene rings is 1. The number of aromatic nitrogens is 2. The summed E-state index contributed by atoms with van der Waals surface area (Å²) in [6.45, 7) is 13.8. The summed E-state index contributed by atoms with van der Waals surface area (Å²) in [5.74, 6) is -1.51. The zero-order chi connectivity index (χ0) is 28.4. The van der Waals surface area contributed by atoms with Crippen LogP contribution >= 0.6 is 0 Å². The van der Waals surface area contributed by atoms with Gasteiger partial charge in [-0.3, -0.25) is 4.79 Å². The predicted octanol–water partition coefficient (Wildman–Crippen LogP) is 4.39. The fourth-order valence-corrected chi connectivity index (χ4v) is 5.57. The van der Waals surface area contributed by atoms with Gasteiger partial charge in [-0.15, -0.1) is 0 Å². The molecular weight excluding hydrogens is 513 g/mol. The topological polar surface area (TPSA) is 117 Å². The molecule has 1 aromatic heterocycles. The lowest BCUT2D eigenvalue weighted by Gasteiger charge is -2.25. The smallest absolute Gasteiger partial charge is 0.407 e. The number of hydrogen-bond acceptors (Lipinski definition) is 7. The van der Waals surface area contributed by atoms with Gasteiger partial charge in [0, 0.05) is 24.9 Å². The maximum atomic E-state index is 14.2. The Hall–Kier alpha value is -2.95. The molecule has 0 bridgehead atoms.